The highest BCUT2D eigenvalue weighted by Crippen LogP contribution is 2.20. The molecule has 3 aromatic rings. The summed E-state index contributed by atoms with van der Waals surface area (Å²) in [4.78, 5) is 13.9. The quantitative estimate of drug-likeness (QED) is 0.691. The van der Waals surface area contributed by atoms with E-state index in [1.54, 1.807) is 24.1 Å². The maximum atomic E-state index is 12.2. The number of likely N-dealkylation sites (N-methyl/N-ethyl adjacent to an activating group) is 1. The molecule has 0 saturated carbocycles. The van der Waals surface area contributed by atoms with Crippen molar-refractivity contribution in [3.05, 3.63) is 66.1 Å². The molecule has 0 unspecified atom stereocenters. The van der Waals surface area contributed by atoms with Gasteiger partial charge in [-0.2, -0.15) is 0 Å². The predicted molar refractivity (Wildman–Crippen MR) is 92.9 cm³/mol. The third kappa shape index (κ3) is 4.44. The summed E-state index contributed by atoms with van der Waals surface area (Å²) in [6.07, 6.45) is 1.28. The van der Waals surface area contributed by atoms with Crippen molar-refractivity contribution >= 4 is 5.91 Å². The molecule has 3 rings (SSSR count). The Hall–Kier alpha value is -3.15. The number of benzene rings is 2. The minimum atomic E-state index is -0.0819. The van der Waals surface area contributed by atoms with E-state index in [9.17, 15) is 4.79 Å². The van der Waals surface area contributed by atoms with Crippen molar-refractivity contribution in [2.24, 2.45) is 0 Å². The molecule has 1 amide bonds. The van der Waals surface area contributed by atoms with Crippen LogP contribution < -0.4 is 4.74 Å². The fourth-order valence-corrected chi connectivity index (χ4v) is 2.30. The van der Waals surface area contributed by atoms with Gasteiger partial charge in [0, 0.05) is 19.2 Å². The SMILES string of the molecule is Cc1ccc(CN(C)C(=O)COc2ccc(-c3nnco3)cc2)cc1. The lowest BCUT2D eigenvalue weighted by Gasteiger charge is -2.17. The van der Waals surface area contributed by atoms with E-state index in [0.717, 1.165) is 11.1 Å². The molecular formula is C19H19N3O3. The van der Waals surface area contributed by atoms with Gasteiger partial charge in [-0.15, -0.1) is 10.2 Å². The highest BCUT2D eigenvalue weighted by Gasteiger charge is 2.11. The van der Waals surface area contributed by atoms with Crippen LogP contribution in [0.5, 0.6) is 5.75 Å². The zero-order chi connectivity index (χ0) is 17.6. The van der Waals surface area contributed by atoms with Crippen LogP contribution in [0, 0.1) is 6.92 Å². The Balaban J connectivity index is 1.52. The molecule has 2 aromatic carbocycles. The summed E-state index contributed by atoms with van der Waals surface area (Å²) in [5, 5.41) is 7.48. The first kappa shape index (κ1) is 16.7. The second-order valence-corrected chi connectivity index (χ2v) is 5.79. The van der Waals surface area contributed by atoms with Crippen LogP contribution in [0.15, 0.2) is 59.3 Å². The van der Waals surface area contributed by atoms with E-state index in [0.29, 0.717) is 18.2 Å². The van der Waals surface area contributed by atoms with Gasteiger partial charge in [0.2, 0.25) is 12.3 Å². The van der Waals surface area contributed by atoms with Gasteiger partial charge in [0.1, 0.15) is 5.75 Å². The fourth-order valence-electron chi connectivity index (χ4n) is 2.30. The van der Waals surface area contributed by atoms with Crippen LogP contribution in [0.2, 0.25) is 0 Å². The van der Waals surface area contributed by atoms with Crippen LogP contribution >= 0.6 is 0 Å². The molecule has 0 bridgehead atoms. The Morgan fingerprint density at radius 1 is 1.12 bits per heavy atom. The number of nitrogens with zero attached hydrogens (tertiary/aromatic N) is 3. The molecule has 1 aromatic heterocycles. The minimum Gasteiger partial charge on any atom is -0.484 e. The third-order valence-corrected chi connectivity index (χ3v) is 3.79. The van der Waals surface area contributed by atoms with Crippen LogP contribution in [0.4, 0.5) is 0 Å². The Morgan fingerprint density at radius 2 is 1.84 bits per heavy atom. The first-order chi connectivity index (χ1) is 12.1. The normalized spacial score (nSPS) is 10.5. The number of amides is 1. The third-order valence-electron chi connectivity index (χ3n) is 3.79. The summed E-state index contributed by atoms with van der Waals surface area (Å²) in [6.45, 7) is 2.58. The van der Waals surface area contributed by atoms with E-state index in [2.05, 4.69) is 10.2 Å². The minimum absolute atomic E-state index is 0.0116. The molecular weight excluding hydrogens is 318 g/mol. The molecule has 0 radical (unpaired) electrons. The summed E-state index contributed by atoms with van der Waals surface area (Å²) in [6, 6.07) is 15.3. The van der Waals surface area contributed by atoms with Crippen LogP contribution in [0.1, 0.15) is 11.1 Å². The first-order valence-electron chi connectivity index (χ1n) is 7.91. The molecule has 0 aliphatic heterocycles. The molecule has 0 aliphatic rings. The number of ether oxygens (including phenoxy) is 1. The van der Waals surface area contributed by atoms with Gasteiger partial charge in [-0.05, 0) is 36.8 Å². The lowest BCUT2D eigenvalue weighted by Crippen LogP contribution is -2.30. The fraction of sp³-hybridized carbons (Fsp3) is 0.211. The van der Waals surface area contributed by atoms with Gasteiger partial charge in [-0.1, -0.05) is 29.8 Å². The van der Waals surface area contributed by atoms with Gasteiger partial charge in [-0.3, -0.25) is 4.79 Å². The van der Waals surface area contributed by atoms with Crippen molar-refractivity contribution in [2.45, 2.75) is 13.5 Å². The molecule has 0 saturated heterocycles. The highest BCUT2D eigenvalue weighted by molar-refractivity contribution is 5.77. The Kier molecular flexibility index (Phi) is 5.09. The lowest BCUT2D eigenvalue weighted by atomic mass is 10.1. The van der Waals surface area contributed by atoms with Crippen molar-refractivity contribution < 1.29 is 13.9 Å². The largest absolute Gasteiger partial charge is 0.484 e. The van der Waals surface area contributed by atoms with Crippen molar-refractivity contribution in [3.8, 4) is 17.2 Å². The van der Waals surface area contributed by atoms with E-state index in [1.807, 2.05) is 43.3 Å². The van der Waals surface area contributed by atoms with Gasteiger partial charge in [0.15, 0.2) is 6.61 Å². The van der Waals surface area contributed by atoms with E-state index < -0.39 is 0 Å². The summed E-state index contributed by atoms with van der Waals surface area (Å²) in [7, 11) is 1.77. The van der Waals surface area contributed by atoms with E-state index in [4.69, 9.17) is 9.15 Å². The molecule has 0 spiro atoms. The molecule has 6 nitrogen and oxygen atoms in total. The Labute approximate surface area is 146 Å². The van der Waals surface area contributed by atoms with Gasteiger partial charge in [-0.25, -0.2) is 0 Å². The summed E-state index contributed by atoms with van der Waals surface area (Å²) < 4.78 is 10.7. The van der Waals surface area contributed by atoms with Crippen LogP contribution in [0.25, 0.3) is 11.5 Å². The standard InChI is InChI=1S/C19H19N3O3/c1-14-3-5-15(6-4-14)11-22(2)18(23)12-24-17-9-7-16(8-10-17)19-21-20-13-25-19/h3-10,13H,11-12H2,1-2H3. The van der Waals surface area contributed by atoms with Crippen molar-refractivity contribution in [3.63, 3.8) is 0 Å². The van der Waals surface area contributed by atoms with Crippen LogP contribution in [-0.4, -0.2) is 34.7 Å². The van der Waals surface area contributed by atoms with Crippen LogP contribution in [-0.2, 0) is 11.3 Å². The lowest BCUT2D eigenvalue weighted by molar-refractivity contribution is -0.132. The second-order valence-electron chi connectivity index (χ2n) is 5.79. The molecule has 0 fully saturated rings. The number of aryl methyl sites for hydroxylation is 1. The molecule has 25 heavy (non-hydrogen) atoms. The number of carbonyl (C=O) groups excluding carboxylic acids is 1. The van der Waals surface area contributed by atoms with Crippen molar-refractivity contribution in [1.29, 1.82) is 0 Å². The van der Waals surface area contributed by atoms with Gasteiger partial charge in [0.05, 0.1) is 0 Å². The van der Waals surface area contributed by atoms with E-state index >= 15 is 0 Å². The number of aromatic nitrogens is 2. The topological polar surface area (TPSA) is 68.5 Å². The zero-order valence-corrected chi connectivity index (χ0v) is 14.2. The molecule has 0 atom stereocenters. The van der Waals surface area contributed by atoms with E-state index in [-0.39, 0.29) is 12.5 Å². The van der Waals surface area contributed by atoms with Crippen LogP contribution in [0.3, 0.4) is 0 Å². The highest BCUT2D eigenvalue weighted by atomic mass is 16.5. The summed E-state index contributed by atoms with van der Waals surface area (Å²) >= 11 is 0. The number of carbonyl (C=O) groups is 1. The van der Waals surface area contributed by atoms with Gasteiger partial charge >= 0.3 is 0 Å². The van der Waals surface area contributed by atoms with Crippen molar-refractivity contribution in [2.75, 3.05) is 13.7 Å². The van der Waals surface area contributed by atoms with Gasteiger partial charge in [0.25, 0.3) is 5.91 Å². The first-order valence-corrected chi connectivity index (χ1v) is 7.91. The smallest absolute Gasteiger partial charge is 0.260 e. The second kappa shape index (κ2) is 7.61. The van der Waals surface area contributed by atoms with Gasteiger partial charge < -0.3 is 14.1 Å². The maximum absolute atomic E-state index is 12.2. The monoisotopic (exact) mass is 337 g/mol. The zero-order valence-electron chi connectivity index (χ0n) is 14.2. The average Bonchev–Trinajstić information content (AvgIpc) is 3.16. The molecule has 0 aliphatic carbocycles. The Morgan fingerprint density at radius 3 is 2.48 bits per heavy atom. The predicted octanol–water partition coefficient (Wildman–Crippen LogP) is 3.08. The molecule has 128 valence electrons. The summed E-state index contributed by atoms with van der Waals surface area (Å²) in [5.41, 5.74) is 3.09. The van der Waals surface area contributed by atoms with E-state index in [1.165, 1.54) is 12.0 Å². The van der Waals surface area contributed by atoms with Crippen molar-refractivity contribution in [1.82, 2.24) is 15.1 Å². The number of hydrogen-bond acceptors (Lipinski definition) is 5. The molecule has 1 heterocycles. The number of hydrogen-bond donors (Lipinski definition) is 0. The average molecular weight is 337 g/mol. The number of rotatable bonds is 6. The molecule has 0 N–H and O–H groups in total. The Bertz CT molecular complexity index is 812. The maximum Gasteiger partial charge on any atom is 0.260 e. The molecule has 6 heteroatoms. The summed E-state index contributed by atoms with van der Waals surface area (Å²) in [5.74, 6) is 0.974.